The van der Waals surface area contributed by atoms with E-state index < -0.39 is 5.97 Å². The highest BCUT2D eigenvalue weighted by Gasteiger charge is 2.10. The molecule has 3 rings (SSSR count). The predicted molar refractivity (Wildman–Crippen MR) is 91.4 cm³/mol. The molecule has 3 aromatic rings. The molecule has 0 atom stereocenters. The van der Waals surface area contributed by atoms with Crippen LogP contribution in [0.15, 0.2) is 48.7 Å². The second-order valence-electron chi connectivity index (χ2n) is 5.10. The first-order valence-corrected chi connectivity index (χ1v) is 6.99. The van der Waals surface area contributed by atoms with E-state index in [1.54, 1.807) is 12.1 Å². The van der Waals surface area contributed by atoms with Crippen LogP contribution in [0.5, 0.6) is 0 Å². The van der Waals surface area contributed by atoms with Crippen molar-refractivity contribution in [3.05, 3.63) is 70.4 Å². The van der Waals surface area contributed by atoms with Crippen molar-refractivity contribution in [3.63, 3.8) is 0 Å². The van der Waals surface area contributed by atoms with Gasteiger partial charge in [0, 0.05) is 28.7 Å². The summed E-state index contributed by atoms with van der Waals surface area (Å²) < 4.78 is 2.07. The Balaban J connectivity index is 0.00000176. The number of benzene rings is 2. The van der Waals surface area contributed by atoms with Gasteiger partial charge in [0.05, 0.1) is 5.56 Å². The molecular formula is C17H15Cl2NO2. The summed E-state index contributed by atoms with van der Waals surface area (Å²) >= 11 is 5.90. The molecule has 0 aliphatic rings. The highest BCUT2D eigenvalue weighted by molar-refractivity contribution is 6.30. The van der Waals surface area contributed by atoms with Gasteiger partial charge in [-0.1, -0.05) is 29.8 Å². The molecule has 1 heterocycles. The molecule has 0 aliphatic heterocycles. The van der Waals surface area contributed by atoms with E-state index in [9.17, 15) is 4.79 Å². The van der Waals surface area contributed by atoms with Gasteiger partial charge in [-0.15, -0.1) is 12.4 Å². The second kappa shape index (κ2) is 6.42. The molecule has 1 N–H and O–H groups in total. The third-order valence-electron chi connectivity index (χ3n) is 3.59. The van der Waals surface area contributed by atoms with Crippen LogP contribution in [0.25, 0.3) is 10.9 Å². The smallest absolute Gasteiger partial charge is 0.335 e. The van der Waals surface area contributed by atoms with Gasteiger partial charge in [-0.25, -0.2) is 4.79 Å². The Labute approximate surface area is 139 Å². The molecule has 114 valence electrons. The van der Waals surface area contributed by atoms with Crippen LogP contribution in [-0.2, 0) is 6.54 Å². The Kier molecular flexibility index (Phi) is 4.79. The molecule has 0 saturated carbocycles. The summed E-state index contributed by atoms with van der Waals surface area (Å²) in [4.78, 5) is 11.1. The zero-order chi connectivity index (χ0) is 15.0. The second-order valence-corrected chi connectivity index (χ2v) is 5.54. The number of aryl methyl sites for hydroxylation is 1. The number of carboxylic acids is 1. The average molecular weight is 336 g/mol. The van der Waals surface area contributed by atoms with Gasteiger partial charge in [0.25, 0.3) is 0 Å². The van der Waals surface area contributed by atoms with Crippen molar-refractivity contribution in [1.82, 2.24) is 4.57 Å². The molecule has 0 amide bonds. The fourth-order valence-electron chi connectivity index (χ4n) is 2.53. The molecule has 0 fully saturated rings. The third-order valence-corrected chi connectivity index (χ3v) is 3.85. The number of carbonyl (C=O) groups is 1. The maximum absolute atomic E-state index is 11.1. The fraction of sp³-hybridized carbons (Fsp3) is 0.118. The zero-order valence-electron chi connectivity index (χ0n) is 11.9. The highest BCUT2D eigenvalue weighted by atomic mass is 35.5. The number of nitrogens with zero attached hydrogens (tertiary/aromatic N) is 1. The standard InChI is InChI=1S/C17H14ClNO2.ClH/c1-11-9-19(10-12-2-5-14(18)6-3-12)16-8-13(17(20)21)4-7-15(11)16;/h2-9H,10H2,1H3,(H,20,21);1H. The first-order chi connectivity index (χ1) is 10.0. The van der Waals surface area contributed by atoms with Crippen molar-refractivity contribution in [2.24, 2.45) is 0 Å². The molecule has 0 unspecified atom stereocenters. The quantitative estimate of drug-likeness (QED) is 0.748. The monoisotopic (exact) mass is 335 g/mol. The molecule has 0 aliphatic carbocycles. The van der Waals surface area contributed by atoms with Crippen LogP contribution in [-0.4, -0.2) is 15.6 Å². The largest absolute Gasteiger partial charge is 0.478 e. The van der Waals surface area contributed by atoms with Crippen LogP contribution in [0.4, 0.5) is 0 Å². The van der Waals surface area contributed by atoms with Crippen LogP contribution in [0, 0.1) is 6.92 Å². The van der Waals surface area contributed by atoms with Gasteiger partial charge in [0.2, 0.25) is 0 Å². The number of rotatable bonds is 3. The number of aromatic nitrogens is 1. The average Bonchev–Trinajstić information content (AvgIpc) is 2.77. The van der Waals surface area contributed by atoms with Gasteiger partial charge >= 0.3 is 5.97 Å². The van der Waals surface area contributed by atoms with E-state index in [1.807, 2.05) is 43.5 Å². The summed E-state index contributed by atoms with van der Waals surface area (Å²) in [6.07, 6.45) is 2.05. The van der Waals surface area contributed by atoms with Crippen molar-refractivity contribution < 1.29 is 9.90 Å². The fourth-order valence-corrected chi connectivity index (χ4v) is 2.65. The van der Waals surface area contributed by atoms with Gasteiger partial charge in [-0.2, -0.15) is 0 Å². The molecule has 0 spiro atoms. The summed E-state index contributed by atoms with van der Waals surface area (Å²) in [6, 6.07) is 12.9. The Morgan fingerprint density at radius 3 is 2.50 bits per heavy atom. The van der Waals surface area contributed by atoms with Crippen molar-refractivity contribution in [1.29, 1.82) is 0 Å². The lowest BCUT2D eigenvalue weighted by molar-refractivity contribution is 0.0697. The van der Waals surface area contributed by atoms with Crippen molar-refractivity contribution >= 4 is 40.9 Å². The first kappa shape index (κ1) is 16.4. The molecule has 1 aromatic heterocycles. The summed E-state index contributed by atoms with van der Waals surface area (Å²) in [5.74, 6) is -0.909. The molecule has 0 bridgehead atoms. The number of hydrogen-bond donors (Lipinski definition) is 1. The molecular weight excluding hydrogens is 321 g/mol. The Hall–Kier alpha value is -1.97. The maximum atomic E-state index is 11.1. The Morgan fingerprint density at radius 1 is 1.18 bits per heavy atom. The zero-order valence-corrected chi connectivity index (χ0v) is 13.5. The summed E-state index contributed by atoms with van der Waals surface area (Å²) in [5, 5.41) is 10.9. The van der Waals surface area contributed by atoms with E-state index in [-0.39, 0.29) is 12.4 Å². The van der Waals surface area contributed by atoms with Gasteiger partial charge in [-0.3, -0.25) is 0 Å². The van der Waals surface area contributed by atoms with E-state index in [4.69, 9.17) is 16.7 Å². The molecule has 5 heteroatoms. The highest BCUT2D eigenvalue weighted by Crippen LogP contribution is 2.23. The van der Waals surface area contributed by atoms with Crippen LogP contribution < -0.4 is 0 Å². The summed E-state index contributed by atoms with van der Waals surface area (Å²) in [7, 11) is 0. The summed E-state index contributed by atoms with van der Waals surface area (Å²) in [5.41, 5.74) is 3.49. The lowest BCUT2D eigenvalue weighted by Gasteiger charge is -2.06. The van der Waals surface area contributed by atoms with E-state index >= 15 is 0 Å². The number of carboxylic acid groups (broad SMARTS) is 1. The lowest BCUT2D eigenvalue weighted by Crippen LogP contribution is -2.00. The summed E-state index contributed by atoms with van der Waals surface area (Å²) in [6.45, 7) is 2.71. The van der Waals surface area contributed by atoms with Crippen LogP contribution >= 0.6 is 24.0 Å². The van der Waals surface area contributed by atoms with Gasteiger partial charge in [-0.05, 0) is 42.3 Å². The van der Waals surface area contributed by atoms with E-state index in [1.165, 1.54) is 0 Å². The number of aromatic carboxylic acids is 1. The minimum Gasteiger partial charge on any atom is -0.478 e. The van der Waals surface area contributed by atoms with Crippen LogP contribution in [0.1, 0.15) is 21.5 Å². The van der Waals surface area contributed by atoms with Gasteiger partial charge < -0.3 is 9.67 Å². The van der Waals surface area contributed by atoms with Crippen molar-refractivity contribution in [2.45, 2.75) is 13.5 Å². The van der Waals surface area contributed by atoms with E-state index in [2.05, 4.69) is 4.57 Å². The van der Waals surface area contributed by atoms with Gasteiger partial charge in [0.15, 0.2) is 0 Å². The predicted octanol–water partition coefficient (Wildman–Crippen LogP) is 4.77. The Bertz CT molecular complexity index is 823. The first-order valence-electron chi connectivity index (χ1n) is 6.62. The molecule has 0 radical (unpaired) electrons. The van der Waals surface area contributed by atoms with Crippen LogP contribution in [0.2, 0.25) is 5.02 Å². The normalized spacial score (nSPS) is 10.5. The van der Waals surface area contributed by atoms with Gasteiger partial charge in [0.1, 0.15) is 0 Å². The van der Waals surface area contributed by atoms with Crippen LogP contribution in [0.3, 0.4) is 0 Å². The van der Waals surface area contributed by atoms with E-state index in [0.29, 0.717) is 17.1 Å². The Morgan fingerprint density at radius 2 is 1.86 bits per heavy atom. The molecule has 0 saturated heterocycles. The molecule has 3 nitrogen and oxygen atoms in total. The number of hydrogen-bond acceptors (Lipinski definition) is 1. The third kappa shape index (κ3) is 3.11. The number of fused-ring (bicyclic) bond motifs is 1. The maximum Gasteiger partial charge on any atom is 0.335 e. The number of halogens is 2. The van der Waals surface area contributed by atoms with Crippen molar-refractivity contribution in [3.8, 4) is 0 Å². The minimum atomic E-state index is -0.909. The molecule has 22 heavy (non-hydrogen) atoms. The van der Waals surface area contributed by atoms with E-state index in [0.717, 1.165) is 22.0 Å². The van der Waals surface area contributed by atoms with Crippen molar-refractivity contribution in [2.75, 3.05) is 0 Å². The molecule has 2 aromatic carbocycles. The minimum absolute atomic E-state index is 0. The lowest BCUT2D eigenvalue weighted by atomic mass is 10.1. The SMILES string of the molecule is Cc1cn(Cc2ccc(Cl)cc2)c2cc(C(=O)O)ccc12.Cl. The topological polar surface area (TPSA) is 42.2 Å².